The van der Waals surface area contributed by atoms with Gasteiger partial charge in [0, 0.05) is 44.1 Å². The van der Waals surface area contributed by atoms with Crippen molar-refractivity contribution in [3.05, 3.63) is 17.5 Å². The van der Waals surface area contributed by atoms with Crippen molar-refractivity contribution in [3.8, 4) is 0 Å². The molecule has 21 heavy (non-hydrogen) atoms. The molecule has 0 spiro atoms. The van der Waals surface area contributed by atoms with E-state index >= 15 is 0 Å². The molecule has 1 N–H and O–H groups in total. The van der Waals surface area contributed by atoms with Crippen molar-refractivity contribution < 1.29 is 4.79 Å². The molecular weight excluding hydrogens is 266 g/mol. The lowest BCUT2D eigenvalue weighted by Gasteiger charge is -2.33. The molecule has 3 rings (SSSR count). The lowest BCUT2D eigenvalue weighted by molar-refractivity contribution is -0.133. The van der Waals surface area contributed by atoms with Crippen LogP contribution >= 0.6 is 0 Å². The van der Waals surface area contributed by atoms with Crippen LogP contribution in [0.4, 0.5) is 5.95 Å². The Labute approximate surface area is 125 Å². The van der Waals surface area contributed by atoms with Gasteiger partial charge in [-0.15, -0.1) is 0 Å². The Kier molecular flexibility index (Phi) is 4.05. The lowest BCUT2D eigenvalue weighted by Crippen LogP contribution is -2.52. The molecule has 1 atom stereocenters. The molecule has 6 nitrogen and oxygen atoms in total. The Balaban J connectivity index is 1.79. The zero-order valence-corrected chi connectivity index (χ0v) is 12.8. The molecule has 0 radical (unpaired) electrons. The van der Waals surface area contributed by atoms with E-state index in [0.29, 0.717) is 5.95 Å². The van der Waals surface area contributed by atoms with Crippen LogP contribution in [0.3, 0.4) is 0 Å². The second-order valence-electron chi connectivity index (χ2n) is 5.88. The van der Waals surface area contributed by atoms with Crippen molar-refractivity contribution in [1.82, 2.24) is 20.2 Å². The lowest BCUT2D eigenvalue weighted by atomic mass is 10.2. The fourth-order valence-electron chi connectivity index (χ4n) is 3.19. The number of amides is 1. The standard InChI is InChI=1S/C15H23N5O/c1-11-10-12(2)18-15(17-11)20-7-3-4-13(20)14(21)19-8-5-16-6-9-19/h10,13,16H,3-9H2,1-2H3. The fraction of sp³-hybridized carbons (Fsp3) is 0.667. The molecular formula is C15H23N5O. The zero-order valence-electron chi connectivity index (χ0n) is 12.8. The Bertz CT molecular complexity index is 507. The SMILES string of the molecule is Cc1cc(C)nc(N2CCCC2C(=O)N2CCNCC2)n1. The second kappa shape index (κ2) is 5.97. The predicted octanol–water partition coefficient (Wildman–Crippen LogP) is 0.494. The molecule has 3 heterocycles. The zero-order chi connectivity index (χ0) is 14.8. The molecule has 0 saturated carbocycles. The van der Waals surface area contributed by atoms with E-state index < -0.39 is 0 Å². The van der Waals surface area contributed by atoms with Gasteiger partial charge in [-0.25, -0.2) is 9.97 Å². The van der Waals surface area contributed by atoms with Crippen LogP contribution in [0.15, 0.2) is 6.07 Å². The van der Waals surface area contributed by atoms with Gasteiger partial charge in [-0.05, 0) is 32.8 Å². The Hall–Kier alpha value is -1.69. The summed E-state index contributed by atoms with van der Waals surface area (Å²) in [5.41, 5.74) is 1.91. The first-order valence-electron chi connectivity index (χ1n) is 7.73. The third-order valence-corrected chi connectivity index (χ3v) is 4.19. The van der Waals surface area contributed by atoms with Gasteiger partial charge in [0.1, 0.15) is 6.04 Å². The van der Waals surface area contributed by atoms with Crippen molar-refractivity contribution >= 4 is 11.9 Å². The maximum absolute atomic E-state index is 12.8. The highest BCUT2D eigenvalue weighted by Gasteiger charge is 2.35. The van der Waals surface area contributed by atoms with Gasteiger partial charge in [-0.1, -0.05) is 0 Å². The van der Waals surface area contributed by atoms with E-state index in [1.807, 2.05) is 24.8 Å². The quantitative estimate of drug-likeness (QED) is 0.859. The minimum Gasteiger partial charge on any atom is -0.338 e. The summed E-state index contributed by atoms with van der Waals surface area (Å²) in [7, 11) is 0. The Morgan fingerprint density at radius 1 is 1.19 bits per heavy atom. The number of aromatic nitrogens is 2. The number of anilines is 1. The molecule has 2 aliphatic heterocycles. The van der Waals surface area contributed by atoms with Gasteiger partial charge >= 0.3 is 0 Å². The number of carbonyl (C=O) groups excluding carboxylic acids is 1. The van der Waals surface area contributed by atoms with Crippen molar-refractivity contribution in [2.45, 2.75) is 32.7 Å². The minimum atomic E-state index is -0.0932. The van der Waals surface area contributed by atoms with Gasteiger partial charge in [-0.2, -0.15) is 0 Å². The van der Waals surface area contributed by atoms with Crippen LogP contribution in [-0.2, 0) is 4.79 Å². The number of aryl methyl sites for hydroxylation is 2. The molecule has 1 aromatic heterocycles. The monoisotopic (exact) mass is 289 g/mol. The second-order valence-corrected chi connectivity index (χ2v) is 5.88. The van der Waals surface area contributed by atoms with E-state index in [1.54, 1.807) is 0 Å². The van der Waals surface area contributed by atoms with E-state index in [-0.39, 0.29) is 11.9 Å². The van der Waals surface area contributed by atoms with Crippen LogP contribution in [0.25, 0.3) is 0 Å². The van der Waals surface area contributed by atoms with E-state index in [1.165, 1.54) is 0 Å². The number of hydrogen-bond donors (Lipinski definition) is 1. The van der Waals surface area contributed by atoms with E-state index in [0.717, 1.165) is 57.0 Å². The van der Waals surface area contributed by atoms with Gasteiger partial charge in [-0.3, -0.25) is 4.79 Å². The average Bonchev–Trinajstić information content (AvgIpc) is 2.96. The summed E-state index contributed by atoms with van der Waals surface area (Å²) in [6.07, 6.45) is 1.93. The maximum Gasteiger partial charge on any atom is 0.245 e. The smallest absolute Gasteiger partial charge is 0.245 e. The number of nitrogens with one attached hydrogen (secondary N) is 1. The first kappa shape index (κ1) is 14.3. The van der Waals surface area contributed by atoms with Crippen LogP contribution in [-0.4, -0.2) is 59.5 Å². The summed E-state index contributed by atoms with van der Waals surface area (Å²) >= 11 is 0. The molecule has 1 unspecified atom stereocenters. The number of rotatable bonds is 2. The van der Waals surface area contributed by atoms with Crippen LogP contribution < -0.4 is 10.2 Å². The number of piperazine rings is 1. The van der Waals surface area contributed by atoms with Crippen LogP contribution in [0, 0.1) is 13.8 Å². The topological polar surface area (TPSA) is 61.4 Å². The van der Waals surface area contributed by atoms with E-state index in [2.05, 4.69) is 20.2 Å². The first-order valence-corrected chi connectivity index (χ1v) is 7.73. The number of hydrogen-bond acceptors (Lipinski definition) is 5. The molecule has 1 amide bonds. The van der Waals surface area contributed by atoms with E-state index in [4.69, 9.17) is 0 Å². The van der Waals surface area contributed by atoms with Crippen molar-refractivity contribution in [2.75, 3.05) is 37.6 Å². The van der Waals surface area contributed by atoms with Crippen LogP contribution in [0.2, 0.25) is 0 Å². The maximum atomic E-state index is 12.8. The molecule has 2 aliphatic rings. The third kappa shape index (κ3) is 3.00. The molecule has 0 bridgehead atoms. The van der Waals surface area contributed by atoms with Gasteiger partial charge < -0.3 is 15.1 Å². The normalized spacial score (nSPS) is 22.7. The van der Waals surface area contributed by atoms with Crippen molar-refractivity contribution in [1.29, 1.82) is 0 Å². The van der Waals surface area contributed by atoms with Gasteiger partial charge in [0.15, 0.2) is 0 Å². The molecule has 1 aromatic rings. The summed E-state index contributed by atoms with van der Waals surface area (Å²) in [5, 5.41) is 3.29. The molecule has 0 aliphatic carbocycles. The number of carbonyl (C=O) groups is 1. The highest BCUT2D eigenvalue weighted by atomic mass is 16.2. The largest absolute Gasteiger partial charge is 0.338 e. The summed E-state index contributed by atoms with van der Waals surface area (Å²) in [6, 6.07) is 1.87. The fourth-order valence-corrected chi connectivity index (χ4v) is 3.19. The van der Waals surface area contributed by atoms with Crippen molar-refractivity contribution in [3.63, 3.8) is 0 Å². The Morgan fingerprint density at radius 2 is 1.86 bits per heavy atom. The van der Waals surface area contributed by atoms with Gasteiger partial charge in [0.05, 0.1) is 0 Å². The highest BCUT2D eigenvalue weighted by molar-refractivity contribution is 5.85. The molecule has 0 aromatic carbocycles. The van der Waals surface area contributed by atoms with Crippen LogP contribution in [0.5, 0.6) is 0 Å². The van der Waals surface area contributed by atoms with Gasteiger partial charge in [0.2, 0.25) is 11.9 Å². The summed E-state index contributed by atoms with van der Waals surface area (Å²) < 4.78 is 0. The minimum absolute atomic E-state index is 0.0932. The molecule has 6 heteroatoms. The van der Waals surface area contributed by atoms with E-state index in [9.17, 15) is 4.79 Å². The summed E-state index contributed by atoms with van der Waals surface area (Å²) in [4.78, 5) is 25.9. The average molecular weight is 289 g/mol. The molecule has 114 valence electrons. The first-order chi connectivity index (χ1) is 10.1. The molecule has 2 saturated heterocycles. The number of nitrogens with zero attached hydrogens (tertiary/aromatic N) is 4. The Morgan fingerprint density at radius 3 is 2.52 bits per heavy atom. The molecule has 2 fully saturated rings. The third-order valence-electron chi connectivity index (χ3n) is 4.19. The van der Waals surface area contributed by atoms with Gasteiger partial charge in [0.25, 0.3) is 0 Å². The summed E-state index contributed by atoms with van der Waals surface area (Å²) in [6.45, 7) is 8.19. The van der Waals surface area contributed by atoms with Crippen LogP contribution in [0.1, 0.15) is 24.2 Å². The summed E-state index contributed by atoms with van der Waals surface area (Å²) in [5.74, 6) is 0.940. The van der Waals surface area contributed by atoms with Crippen molar-refractivity contribution in [2.24, 2.45) is 0 Å². The predicted molar refractivity (Wildman–Crippen MR) is 81.3 cm³/mol. The highest BCUT2D eigenvalue weighted by Crippen LogP contribution is 2.24.